The van der Waals surface area contributed by atoms with Crippen LogP contribution in [0, 0.1) is 5.82 Å². The van der Waals surface area contributed by atoms with Crippen molar-refractivity contribution in [3.63, 3.8) is 0 Å². The van der Waals surface area contributed by atoms with E-state index in [0.717, 1.165) is 0 Å². The lowest BCUT2D eigenvalue weighted by Crippen LogP contribution is -2.30. The molecule has 0 saturated carbocycles. The van der Waals surface area contributed by atoms with Gasteiger partial charge in [0, 0.05) is 37.6 Å². The number of aliphatic hydroxyl groups is 1. The number of aromatic nitrogens is 3. The van der Waals surface area contributed by atoms with E-state index in [9.17, 15) is 19.1 Å². The van der Waals surface area contributed by atoms with Gasteiger partial charge in [0.05, 0.1) is 18.9 Å². The maximum absolute atomic E-state index is 14.4. The lowest BCUT2D eigenvalue weighted by atomic mass is 10.1. The number of ether oxygens (including phenoxy) is 1. The molecule has 0 unspecified atom stereocenters. The van der Waals surface area contributed by atoms with Gasteiger partial charge in [-0.1, -0.05) is 0 Å². The second-order valence-corrected chi connectivity index (χ2v) is 6.14. The van der Waals surface area contributed by atoms with Crippen LogP contribution in [0.3, 0.4) is 0 Å². The van der Waals surface area contributed by atoms with E-state index < -0.39 is 23.4 Å². The van der Waals surface area contributed by atoms with Gasteiger partial charge < -0.3 is 19.7 Å². The minimum atomic E-state index is -0.705. The molecule has 2 N–H and O–H groups in total. The van der Waals surface area contributed by atoms with Crippen molar-refractivity contribution >= 4 is 11.6 Å². The lowest BCUT2D eigenvalue weighted by molar-refractivity contribution is 0.0919. The Morgan fingerprint density at radius 2 is 2.15 bits per heavy atom. The van der Waals surface area contributed by atoms with Crippen LogP contribution in [0.25, 0.3) is 16.9 Å². The predicted octanol–water partition coefficient (Wildman–Crippen LogP) is 0.958. The van der Waals surface area contributed by atoms with Crippen LogP contribution < -0.4 is 15.6 Å². The summed E-state index contributed by atoms with van der Waals surface area (Å²) >= 11 is 0. The molecule has 2 aromatic heterocycles. The van der Waals surface area contributed by atoms with Crippen molar-refractivity contribution in [2.45, 2.75) is 13.0 Å². The average molecular weight is 374 g/mol. The molecule has 1 atom stereocenters. The van der Waals surface area contributed by atoms with Crippen LogP contribution in [-0.2, 0) is 7.05 Å². The summed E-state index contributed by atoms with van der Waals surface area (Å²) in [6.07, 6.45) is 2.21. The highest BCUT2D eigenvalue weighted by Crippen LogP contribution is 2.25. The number of hydrogen-bond acceptors (Lipinski definition) is 5. The molecule has 3 rings (SSSR count). The van der Waals surface area contributed by atoms with Crippen LogP contribution >= 0.6 is 0 Å². The van der Waals surface area contributed by atoms with Gasteiger partial charge in [0.2, 0.25) is 5.65 Å². The predicted molar refractivity (Wildman–Crippen MR) is 96.4 cm³/mol. The number of nitrogens with one attached hydrogen (secondary N) is 1. The van der Waals surface area contributed by atoms with E-state index in [2.05, 4.69) is 10.3 Å². The molecular formula is C18H19FN4O4. The highest BCUT2D eigenvalue weighted by atomic mass is 19.1. The Morgan fingerprint density at radius 1 is 1.41 bits per heavy atom. The molecular weight excluding hydrogens is 355 g/mol. The van der Waals surface area contributed by atoms with E-state index in [4.69, 9.17) is 4.74 Å². The Morgan fingerprint density at radius 3 is 2.78 bits per heavy atom. The highest BCUT2D eigenvalue weighted by Gasteiger charge is 2.17. The van der Waals surface area contributed by atoms with Crippen molar-refractivity contribution < 1.29 is 19.0 Å². The van der Waals surface area contributed by atoms with Crippen molar-refractivity contribution in [2.24, 2.45) is 7.05 Å². The summed E-state index contributed by atoms with van der Waals surface area (Å²) in [6, 6.07) is 4.34. The fraction of sp³-hybridized carbons (Fsp3) is 0.278. The van der Waals surface area contributed by atoms with Gasteiger partial charge in [-0.2, -0.15) is 0 Å². The third-order valence-corrected chi connectivity index (χ3v) is 4.09. The quantitative estimate of drug-likeness (QED) is 0.693. The molecule has 0 aliphatic carbocycles. The fourth-order valence-electron chi connectivity index (χ4n) is 2.65. The van der Waals surface area contributed by atoms with Crippen LogP contribution in [-0.4, -0.2) is 44.7 Å². The van der Waals surface area contributed by atoms with Crippen molar-refractivity contribution in [3.05, 3.63) is 52.5 Å². The van der Waals surface area contributed by atoms with Crippen LogP contribution in [0.15, 0.2) is 35.4 Å². The molecule has 0 spiro atoms. The van der Waals surface area contributed by atoms with Crippen molar-refractivity contribution in [2.75, 3.05) is 13.7 Å². The van der Waals surface area contributed by atoms with E-state index >= 15 is 0 Å². The Labute approximate surface area is 153 Å². The van der Waals surface area contributed by atoms with Crippen LogP contribution in [0.4, 0.5) is 4.39 Å². The first kappa shape index (κ1) is 18.6. The number of rotatable bonds is 5. The first-order valence-electron chi connectivity index (χ1n) is 8.20. The second kappa shape index (κ2) is 7.20. The van der Waals surface area contributed by atoms with Gasteiger partial charge in [0.15, 0.2) is 0 Å². The third-order valence-electron chi connectivity index (χ3n) is 4.09. The number of nitrogens with zero attached hydrogens (tertiary/aromatic N) is 3. The smallest absolute Gasteiger partial charge is 0.294 e. The van der Waals surface area contributed by atoms with Gasteiger partial charge in [-0.25, -0.2) is 9.37 Å². The standard InChI is InChI=1S/C18H19FN4O4/c1-10(24)7-20-17(25)14-8-23-9-15(22(2)18(26)16(23)21-14)12-5-4-11(27-3)6-13(12)19/h4-6,8-10,24H,7H2,1-3H3,(H,20,25)/t10-/m0/s1. The summed E-state index contributed by atoms with van der Waals surface area (Å²) in [5.74, 6) is -0.695. The lowest BCUT2D eigenvalue weighted by Gasteiger charge is -2.11. The summed E-state index contributed by atoms with van der Waals surface area (Å²) in [4.78, 5) is 28.8. The summed E-state index contributed by atoms with van der Waals surface area (Å²) in [7, 11) is 2.94. The minimum Gasteiger partial charge on any atom is -0.497 e. The number of imidazole rings is 1. The largest absolute Gasteiger partial charge is 0.497 e. The number of carbonyl (C=O) groups excluding carboxylic acids is 1. The van der Waals surface area contributed by atoms with Gasteiger partial charge in [0.1, 0.15) is 17.3 Å². The van der Waals surface area contributed by atoms with Crippen molar-refractivity contribution in [1.29, 1.82) is 0 Å². The molecule has 0 fully saturated rings. The molecule has 27 heavy (non-hydrogen) atoms. The molecule has 0 aliphatic heterocycles. The van der Waals surface area contributed by atoms with Crippen molar-refractivity contribution in [1.82, 2.24) is 19.3 Å². The topological polar surface area (TPSA) is 97.9 Å². The number of methoxy groups -OCH3 is 1. The molecule has 8 nitrogen and oxygen atoms in total. The minimum absolute atomic E-state index is 0.0279. The van der Waals surface area contributed by atoms with Crippen LogP contribution in [0.1, 0.15) is 17.4 Å². The summed E-state index contributed by atoms with van der Waals surface area (Å²) in [6.45, 7) is 1.60. The zero-order chi connectivity index (χ0) is 19.7. The van der Waals surface area contributed by atoms with E-state index in [-0.39, 0.29) is 23.4 Å². The third kappa shape index (κ3) is 3.54. The molecule has 0 radical (unpaired) electrons. The van der Waals surface area contributed by atoms with Gasteiger partial charge in [-0.15, -0.1) is 0 Å². The summed E-state index contributed by atoms with van der Waals surface area (Å²) < 4.78 is 22.1. The SMILES string of the molecule is COc1ccc(-c2cn3cc(C(=O)NC[C@H](C)O)nc3c(=O)n2C)c(F)c1. The monoisotopic (exact) mass is 374 g/mol. The maximum Gasteiger partial charge on any atom is 0.294 e. The highest BCUT2D eigenvalue weighted by molar-refractivity contribution is 5.92. The van der Waals surface area contributed by atoms with Gasteiger partial charge in [-0.3, -0.25) is 14.0 Å². The molecule has 0 bridgehead atoms. The number of hydrogen-bond donors (Lipinski definition) is 2. The van der Waals surface area contributed by atoms with Crippen LogP contribution in [0.5, 0.6) is 5.75 Å². The average Bonchev–Trinajstić information content (AvgIpc) is 3.07. The number of aliphatic hydroxyl groups excluding tert-OH is 1. The number of amides is 1. The van der Waals surface area contributed by atoms with E-state index in [1.165, 1.54) is 54.6 Å². The Hall–Kier alpha value is -3.20. The van der Waals surface area contributed by atoms with Gasteiger partial charge in [-0.05, 0) is 19.1 Å². The van der Waals surface area contributed by atoms with E-state index in [1.807, 2.05) is 0 Å². The summed E-state index contributed by atoms with van der Waals surface area (Å²) in [5, 5.41) is 11.8. The number of fused-ring (bicyclic) bond motifs is 1. The van der Waals surface area contributed by atoms with Crippen LogP contribution in [0.2, 0.25) is 0 Å². The zero-order valence-corrected chi connectivity index (χ0v) is 15.1. The molecule has 0 aliphatic rings. The van der Waals surface area contributed by atoms with E-state index in [1.54, 1.807) is 6.07 Å². The van der Waals surface area contributed by atoms with Gasteiger partial charge in [0.25, 0.3) is 11.5 Å². The molecule has 1 amide bonds. The normalized spacial score (nSPS) is 12.2. The molecule has 0 saturated heterocycles. The molecule has 1 aromatic carbocycles. The number of benzene rings is 1. The molecule has 142 valence electrons. The maximum atomic E-state index is 14.4. The van der Waals surface area contributed by atoms with Gasteiger partial charge >= 0.3 is 0 Å². The fourth-order valence-corrected chi connectivity index (χ4v) is 2.65. The molecule has 3 aromatic rings. The Bertz CT molecular complexity index is 1070. The number of halogens is 1. The first-order chi connectivity index (χ1) is 12.8. The van der Waals surface area contributed by atoms with Crippen molar-refractivity contribution in [3.8, 4) is 17.0 Å². The second-order valence-electron chi connectivity index (χ2n) is 6.14. The number of carbonyl (C=O) groups is 1. The molecule has 2 heterocycles. The zero-order valence-electron chi connectivity index (χ0n) is 15.1. The first-order valence-corrected chi connectivity index (χ1v) is 8.20. The Kier molecular flexibility index (Phi) is 4.95. The Balaban J connectivity index is 2.08. The summed E-state index contributed by atoms with van der Waals surface area (Å²) in [5.41, 5.74) is 0.127. The molecule has 9 heteroatoms. The van der Waals surface area contributed by atoms with E-state index in [0.29, 0.717) is 11.4 Å².